The van der Waals surface area contributed by atoms with Gasteiger partial charge >= 0.3 is 5.97 Å². The van der Waals surface area contributed by atoms with Crippen molar-refractivity contribution in [1.82, 2.24) is 10.3 Å². The first-order valence-electron chi connectivity index (χ1n) is 6.93. The quantitative estimate of drug-likeness (QED) is 0.768. The minimum atomic E-state index is -0.239. The van der Waals surface area contributed by atoms with Gasteiger partial charge < -0.3 is 19.7 Å². The smallest absolute Gasteiger partial charge is 0.319 e. The zero-order chi connectivity index (χ0) is 14.2. The van der Waals surface area contributed by atoms with E-state index >= 15 is 0 Å². The molecular formula is C14H21N3O3. The first-order chi connectivity index (χ1) is 9.79. The van der Waals surface area contributed by atoms with E-state index in [1.165, 1.54) is 0 Å². The van der Waals surface area contributed by atoms with Crippen LogP contribution < -0.4 is 10.2 Å². The number of esters is 1. The maximum Gasteiger partial charge on any atom is 0.319 e. The maximum absolute atomic E-state index is 11.2. The molecule has 0 bridgehead atoms. The van der Waals surface area contributed by atoms with E-state index in [0.717, 1.165) is 37.7 Å². The number of pyridine rings is 1. The molecule has 1 aliphatic heterocycles. The lowest BCUT2D eigenvalue weighted by Crippen LogP contribution is -2.36. The largest absolute Gasteiger partial charge is 0.465 e. The van der Waals surface area contributed by atoms with Crippen molar-refractivity contribution in [1.29, 1.82) is 0 Å². The Balaban J connectivity index is 1.84. The number of ether oxygens (including phenoxy) is 2. The van der Waals surface area contributed by atoms with E-state index in [2.05, 4.69) is 15.2 Å². The molecule has 0 saturated carbocycles. The minimum Gasteiger partial charge on any atom is -0.465 e. The lowest BCUT2D eigenvalue weighted by molar-refractivity contribution is -0.142. The fourth-order valence-electron chi connectivity index (χ4n) is 2.09. The second-order valence-electron chi connectivity index (χ2n) is 4.51. The van der Waals surface area contributed by atoms with E-state index in [9.17, 15) is 4.79 Å². The molecular weight excluding hydrogens is 258 g/mol. The van der Waals surface area contributed by atoms with Crippen molar-refractivity contribution in [2.24, 2.45) is 0 Å². The van der Waals surface area contributed by atoms with Crippen molar-refractivity contribution in [3.8, 4) is 0 Å². The lowest BCUT2D eigenvalue weighted by Gasteiger charge is -2.29. The van der Waals surface area contributed by atoms with Gasteiger partial charge in [0.2, 0.25) is 0 Å². The molecule has 6 nitrogen and oxygen atoms in total. The van der Waals surface area contributed by atoms with Crippen LogP contribution in [0, 0.1) is 0 Å². The Morgan fingerprint density at radius 3 is 3.05 bits per heavy atom. The fraction of sp³-hybridized carbons (Fsp3) is 0.571. The number of carbonyl (C=O) groups is 1. The van der Waals surface area contributed by atoms with Gasteiger partial charge in [-0.25, -0.2) is 0 Å². The molecule has 1 fully saturated rings. The molecule has 1 N–H and O–H groups in total. The highest BCUT2D eigenvalue weighted by atomic mass is 16.5. The third kappa shape index (κ3) is 4.47. The number of morpholine rings is 1. The van der Waals surface area contributed by atoms with Crippen LogP contribution in [0.25, 0.3) is 0 Å². The van der Waals surface area contributed by atoms with Crippen molar-refractivity contribution >= 4 is 11.7 Å². The predicted molar refractivity (Wildman–Crippen MR) is 75.6 cm³/mol. The monoisotopic (exact) mass is 279 g/mol. The molecule has 0 atom stereocenters. The fourth-order valence-corrected chi connectivity index (χ4v) is 2.09. The summed E-state index contributed by atoms with van der Waals surface area (Å²) in [6, 6.07) is 4.05. The van der Waals surface area contributed by atoms with E-state index < -0.39 is 0 Å². The zero-order valence-corrected chi connectivity index (χ0v) is 11.8. The van der Waals surface area contributed by atoms with Gasteiger partial charge in [-0.3, -0.25) is 9.78 Å². The summed E-state index contributed by atoms with van der Waals surface area (Å²) in [7, 11) is 0. The van der Waals surface area contributed by atoms with E-state index in [4.69, 9.17) is 9.47 Å². The molecule has 1 aromatic rings. The van der Waals surface area contributed by atoms with E-state index in [1.54, 1.807) is 13.1 Å². The number of carbonyl (C=O) groups excluding carboxylic acids is 1. The summed E-state index contributed by atoms with van der Waals surface area (Å²) in [6.07, 6.45) is 1.80. The molecule has 2 heterocycles. The van der Waals surface area contributed by atoms with Crippen LogP contribution in [0.2, 0.25) is 0 Å². The van der Waals surface area contributed by atoms with Crippen molar-refractivity contribution in [2.75, 3.05) is 44.4 Å². The Morgan fingerprint density at radius 2 is 2.30 bits per heavy atom. The first-order valence-corrected chi connectivity index (χ1v) is 6.93. The summed E-state index contributed by atoms with van der Waals surface area (Å²) in [6.45, 7) is 6.29. The average molecular weight is 279 g/mol. The Morgan fingerprint density at radius 1 is 1.50 bits per heavy atom. The van der Waals surface area contributed by atoms with Crippen molar-refractivity contribution < 1.29 is 14.3 Å². The lowest BCUT2D eigenvalue weighted by atomic mass is 10.2. The molecule has 2 rings (SSSR count). The summed E-state index contributed by atoms with van der Waals surface area (Å²) < 4.78 is 10.2. The van der Waals surface area contributed by atoms with Crippen LogP contribution in [0.5, 0.6) is 0 Å². The minimum absolute atomic E-state index is 0.206. The molecule has 0 amide bonds. The van der Waals surface area contributed by atoms with Gasteiger partial charge in [0.05, 0.1) is 32.1 Å². The summed E-state index contributed by atoms with van der Waals surface area (Å²) in [5.41, 5.74) is 2.06. The number of nitrogens with zero attached hydrogens (tertiary/aromatic N) is 2. The molecule has 110 valence electrons. The number of nitrogens with one attached hydrogen (secondary N) is 1. The van der Waals surface area contributed by atoms with Crippen LogP contribution in [-0.2, 0) is 20.8 Å². The molecule has 0 aliphatic carbocycles. The molecule has 0 unspecified atom stereocenters. The zero-order valence-electron chi connectivity index (χ0n) is 11.8. The van der Waals surface area contributed by atoms with Gasteiger partial charge in [-0.05, 0) is 19.1 Å². The molecule has 6 heteroatoms. The van der Waals surface area contributed by atoms with Gasteiger partial charge in [0.25, 0.3) is 0 Å². The summed E-state index contributed by atoms with van der Waals surface area (Å²) >= 11 is 0. The van der Waals surface area contributed by atoms with E-state index in [1.807, 2.05) is 12.1 Å². The summed E-state index contributed by atoms with van der Waals surface area (Å²) in [4.78, 5) is 17.8. The second kappa shape index (κ2) is 7.81. The van der Waals surface area contributed by atoms with Gasteiger partial charge in [-0.15, -0.1) is 0 Å². The van der Waals surface area contributed by atoms with E-state index in [0.29, 0.717) is 13.2 Å². The highest BCUT2D eigenvalue weighted by molar-refractivity contribution is 5.71. The van der Waals surface area contributed by atoms with Crippen LogP contribution in [0.4, 0.5) is 5.69 Å². The maximum atomic E-state index is 11.2. The second-order valence-corrected chi connectivity index (χ2v) is 4.51. The highest BCUT2D eigenvalue weighted by Crippen LogP contribution is 2.15. The topological polar surface area (TPSA) is 63.7 Å². The molecule has 0 aromatic carbocycles. The Kier molecular flexibility index (Phi) is 5.76. The average Bonchev–Trinajstić information content (AvgIpc) is 2.49. The summed E-state index contributed by atoms with van der Waals surface area (Å²) in [5, 5.41) is 3.04. The van der Waals surface area contributed by atoms with Gasteiger partial charge in [-0.2, -0.15) is 0 Å². The number of hydrogen-bond acceptors (Lipinski definition) is 6. The third-order valence-corrected chi connectivity index (χ3v) is 3.06. The first kappa shape index (κ1) is 14.7. The van der Waals surface area contributed by atoms with Gasteiger partial charge in [0, 0.05) is 31.5 Å². The van der Waals surface area contributed by atoms with Gasteiger partial charge in [-0.1, -0.05) is 0 Å². The molecule has 1 aliphatic rings. The van der Waals surface area contributed by atoms with Crippen molar-refractivity contribution in [3.05, 3.63) is 24.0 Å². The number of anilines is 1. The standard InChI is InChI=1S/C14H21N3O3/c1-2-20-14(18)11-15-10-12-9-13(3-4-16-12)17-5-7-19-8-6-17/h3-4,9,15H,2,5-8,10-11H2,1H3. The normalized spacial score (nSPS) is 15.2. The van der Waals surface area contributed by atoms with Gasteiger partial charge in [0.15, 0.2) is 0 Å². The SMILES string of the molecule is CCOC(=O)CNCc1cc(N2CCOCC2)ccn1. The molecule has 1 saturated heterocycles. The van der Waals surface area contributed by atoms with E-state index in [-0.39, 0.29) is 12.5 Å². The predicted octanol–water partition coefficient (Wildman–Crippen LogP) is 0.571. The Labute approximate surface area is 119 Å². The number of rotatable bonds is 6. The Hall–Kier alpha value is -1.66. The van der Waals surface area contributed by atoms with Crippen LogP contribution in [0.15, 0.2) is 18.3 Å². The number of aromatic nitrogens is 1. The van der Waals surface area contributed by atoms with Crippen LogP contribution in [-0.4, -0.2) is 50.4 Å². The number of hydrogen-bond donors (Lipinski definition) is 1. The molecule has 20 heavy (non-hydrogen) atoms. The van der Waals surface area contributed by atoms with Crippen molar-refractivity contribution in [3.63, 3.8) is 0 Å². The highest BCUT2D eigenvalue weighted by Gasteiger charge is 2.11. The molecule has 0 radical (unpaired) electrons. The van der Waals surface area contributed by atoms with Crippen LogP contribution in [0.3, 0.4) is 0 Å². The van der Waals surface area contributed by atoms with Gasteiger partial charge in [0.1, 0.15) is 0 Å². The van der Waals surface area contributed by atoms with Crippen molar-refractivity contribution in [2.45, 2.75) is 13.5 Å². The molecule has 1 aromatic heterocycles. The summed E-state index contributed by atoms with van der Waals surface area (Å²) in [5.74, 6) is -0.239. The van der Waals surface area contributed by atoms with Crippen LogP contribution >= 0.6 is 0 Å². The third-order valence-electron chi connectivity index (χ3n) is 3.06. The van der Waals surface area contributed by atoms with Crippen LogP contribution in [0.1, 0.15) is 12.6 Å². The molecule has 0 spiro atoms. The Bertz CT molecular complexity index is 433.